The second-order valence-electron chi connectivity index (χ2n) is 4.65. The molecule has 16 heavy (non-hydrogen) atoms. The number of nitrogens with one attached hydrogen (secondary N) is 1. The van der Waals surface area contributed by atoms with Crippen molar-refractivity contribution in [3.05, 3.63) is 34.9 Å². The van der Waals surface area contributed by atoms with Gasteiger partial charge in [-0.1, -0.05) is 23.7 Å². The first-order valence-corrected chi connectivity index (χ1v) is 6.13. The fourth-order valence-corrected chi connectivity index (χ4v) is 2.04. The predicted molar refractivity (Wildman–Crippen MR) is 66.7 cm³/mol. The number of ether oxygens (including phenoxy) is 1. The molecular formula is C13H18ClNO. The van der Waals surface area contributed by atoms with Crippen LogP contribution in [0.1, 0.15) is 25.3 Å². The average Bonchev–Trinajstić information content (AvgIpc) is 2.29. The first-order chi connectivity index (χ1) is 7.68. The van der Waals surface area contributed by atoms with E-state index >= 15 is 0 Å². The highest BCUT2D eigenvalue weighted by atomic mass is 35.5. The number of rotatable bonds is 3. The van der Waals surface area contributed by atoms with Crippen LogP contribution in [-0.2, 0) is 11.3 Å². The van der Waals surface area contributed by atoms with Gasteiger partial charge in [-0.2, -0.15) is 0 Å². The quantitative estimate of drug-likeness (QED) is 0.876. The highest BCUT2D eigenvalue weighted by Gasteiger charge is 2.26. The van der Waals surface area contributed by atoms with Crippen molar-refractivity contribution in [2.24, 2.45) is 0 Å². The van der Waals surface area contributed by atoms with E-state index < -0.39 is 0 Å². The Morgan fingerprint density at radius 2 is 1.88 bits per heavy atom. The second kappa shape index (κ2) is 5.17. The Hall–Kier alpha value is -0.570. The summed E-state index contributed by atoms with van der Waals surface area (Å²) in [5, 5.41) is 4.40. The molecule has 1 saturated heterocycles. The number of benzene rings is 1. The summed E-state index contributed by atoms with van der Waals surface area (Å²) in [7, 11) is 0. The topological polar surface area (TPSA) is 21.3 Å². The summed E-state index contributed by atoms with van der Waals surface area (Å²) in [6.07, 6.45) is 2.17. The van der Waals surface area contributed by atoms with Gasteiger partial charge in [0.25, 0.3) is 0 Å². The molecule has 0 saturated carbocycles. The first kappa shape index (κ1) is 11.9. The van der Waals surface area contributed by atoms with Crippen LogP contribution in [0.2, 0.25) is 5.02 Å². The van der Waals surface area contributed by atoms with Crippen molar-refractivity contribution in [3.8, 4) is 0 Å². The monoisotopic (exact) mass is 239 g/mol. The Morgan fingerprint density at radius 3 is 2.50 bits per heavy atom. The van der Waals surface area contributed by atoms with Gasteiger partial charge in [-0.05, 0) is 37.5 Å². The zero-order valence-corrected chi connectivity index (χ0v) is 10.4. The van der Waals surface area contributed by atoms with Crippen molar-refractivity contribution < 1.29 is 4.74 Å². The zero-order valence-electron chi connectivity index (χ0n) is 9.63. The molecule has 3 heteroatoms. The van der Waals surface area contributed by atoms with Gasteiger partial charge in [-0.25, -0.2) is 0 Å². The number of halogens is 1. The molecule has 0 amide bonds. The van der Waals surface area contributed by atoms with Crippen LogP contribution in [0.25, 0.3) is 0 Å². The lowest BCUT2D eigenvalue weighted by atomic mass is 9.92. The van der Waals surface area contributed by atoms with E-state index in [1.165, 1.54) is 5.56 Å². The third-order valence-electron chi connectivity index (χ3n) is 3.23. The standard InChI is InChI=1S/C13H18ClNO/c1-13(6-8-16-9-7-13)15-10-11-2-4-12(14)5-3-11/h2-5,15H,6-10H2,1H3. The molecule has 1 aliphatic rings. The maximum Gasteiger partial charge on any atom is 0.0483 e. The van der Waals surface area contributed by atoms with Crippen LogP contribution in [0, 0.1) is 0 Å². The lowest BCUT2D eigenvalue weighted by Gasteiger charge is -2.34. The minimum absolute atomic E-state index is 0.220. The summed E-state index contributed by atoms with van der Waals surface area (Å²) in [5.41, 5.74) is 1.50. The molecule has 1 aromatic carbocycles. The maximum atomic E-state index is 5.85. The Labute approximate surface area is 102 Å². The minimum atomic E-state index is 0.220. The molecule has 0 unspecified atom stereocenters. The number of hydrogen-bond donors (Lipinski definition) is 1. The van der Waals surface area contributed by atoms with Gasteiger partial charge >= 0.3 is 0 Å². The van der Waals surface area contributed by atoms with Gasteiger partial charge in [0.15, 0.2) is 0 Å². The Bertz CT molecular complexity index is 330. The molecule has 1 N–H and O–H groups in total. The van der Waals surface area contributed by atoms with Gasteiger partial charge in [-0.3, -0.25) is 0 Å². The molecule has 2 rings (SSSR count). The SMILES string of the molecule is CC1(NCc2ccc(Cl)cc2)CCOCC1. The van der Waals surface area contributed by atoms with Gasteiger partial charge in [-0.15, -0.1) is 0 Å². The lowest BCUT2D eigenvalue weighted by molar-refractivity contribution is 0.0446. The van der Waals surface area contributed by atoms with E-state index in [1.807, 2.05) is 12.1 Å². The van der Waals surface area contributed by atoms with Gasteiger partial charge in [0.1, 0.15) is 0 Å². The molecule has 0 spiro atoms. The molecule has 0 atom stereocenters. The fourth-order valence-electron chi connectivity index (χ4n) is 1.92. The third kappa shape index (κ3) is 3.21. The van der Waals surface area contributed by atoms with Crippen LogP contribution in [-0.4, -0.2) is 18.8 Å². The Morgan fingerprint density at radius 1 is 1.25 bits per heavy atom. The highest BCUT2D eigenvalue weighted by Crippen LogP contribution is 2.20. The van der Waals surface area contributed by atoms with Crippen LogP contribution in [0.3, 0.4) is 0 Å². The zero-order chi connectivity index (χ0) is 11.4. The summed E-state index contributed by atoms with van der Waals surface area (Å²) < 4.78 is 5.38. The van der Waals surface area contributed by atoms with Crippen molar-refractivity contribution in [2.75, 3.05) is 13.2 Å². The molecule has 1 aromatic rings. The second-order valence-corrected chi connectivity index (χ2v) is 5.09. The summed E-state index contributed by atoms with van der Waals surface area (Å²) in [6, 6.07) is 8.01. The molecule has 1 fully saturated rings. The molecule has 88 valence electrons. The van der Waals surface area contributed by atoms with Crippen molar-refractivity contribution in [2.45, 2.75) is 31.8 Å². The molecule has 0 bridgehead atoms. The van der Waals surface area contributed by atoms with E-state index in [-0.39, 0.29) is 5.54 Å². The molecule has 0 radical (unpaired) electrons. The largest absolute Gasteiger partial charge is 0.381 e. The van der Waals surface area contributed by atoms with Gasteiger partial charge in [0.05, 0.1) is 0 Å². The van der Waals surface area contributed by atoms with E-state index in [0.717, 1.165) is 37.6 Å². The van der Waals surface area contributed by atoms with Crippen LogP contribution in [0.4, 0.5) is 0 Å². The highest BCUT2D eigenvalue weighted by molar-refractivity contribution is 6.30. The van der Waals surface area contributed by atoms with Crippen LogP contribution >= 0.6 is 11.6 Å². The van der Waals surface area contributed by atoms with Crippen molar-refractivity contribution >= 4 is 11.6 Å². The Kier molecular flexibility index (Phi) is 3.85. The molecule has 0 aliphatic carbocycles. The lowest BCUT2D eigenvalue weighted by Crippen LogP contribution is -2.46. The van der Waals surface area contributed by atoms with Gasteiger partial charge in [0.2, 0.25) is 0 Å². The van der Waals surface area contributed by atoms with Crippen molar-refractivity contribution in [1.82, 2.24) is 5.32 Å². The third-order valence-corrected chi connectivity index (χ3v) is 3.48. The summed E-state index contributed by atoms with van der Waals surface area (Å²) >= 11 is 5.85. The number of hydrogen-bond acceptors (Lipinski definition) is 2. The Balaban J connectivity index is 1.88. The van der Waals surface area contributed by atoms with Gasteiger partial charge in [0, 0.05) is 30.3 Å². The average molecular weight is 240 g/mol. The summed E-state index contributed by atoms with van der Waals surface area (Å²) in [5.74, 6) is 0. The molecular weight excluding hydrogens is 222 g/mol. The summed E-state index contributed by atoms with van der Waals surface area (Å²) in [4.78, 5) is 0. The minimum Gasteiger partial charge on any atom is -0.381 e. The van der Waals surface area contributed by atoms with E-state index in [1.54, 1.807) is 0 Å². The summed E-state index contributed by atoms with van der Waals surface area (Å²) in [6.45, 7) is 4.90. The van der Waals surface area contributed by atoms with E-state index in [0.29, 0.717) is 0 Å². The van der Waals surface area contributed by atoms with E-state index in [2.05, 4.69) is 24.4 Å². The smallest absolute Gasteiger partial charge is 0.0483 e. The fraction of sp³-hybridized carbons (Fsp3) is 0.538. The van der Waals surface area contributed by atoms with Gasteiger partial charge < -0.3 is 10.1 Å². The maximum absolute atomic E-state index is 5.85. The molecule has 1 heterocycles. The van der Waals surface area contributed by atoms with Crippen LogP contribution in [0.15, 0.2) is 24.3 Å². The normalized spacial score (nSPS) is 19.6. The predicted octanol–water partition coefficient (Wildman–Crippen LogP) is 3.00. The van der Waals surface area contributed by atoms with Crippen LogP contribution < -0.4 is 5.32 Å². The van der Waals surface area contributed by atoms with E-state index in [4.69, 9.17) is 16.3 Å². The van der Waals surface area contributed by atoms with Crippen molar-refractivity contribution in [1.29, 1.82) is 0 Å². The van der Waals surface area contributed by atoms with Crippen LogP contribution in [0.5, 0.6) is 0 Å². The molecule has 0 aromatic heterocycles. The molecule has 2 nitrogen and oxygen atoms in total. The van der Waals surface area contributed by atoms with Crippen molar-refractivity contribution in [3.63, 3.8) is 0 Å². The first-order valence-electron chi connectivity index (χ1n) is 5.75. The molecule has 1 aliphatic heterocycles. The van der Waals surface area contributed by atoms with E-state index in [9.17, 15) is 0 Å².